The van der Waals surface area contributed by atoms with E-state index < -0.39 is 0 Å². The molecule has 0 N–H and O–H groups in total. The van der Waals surface area contributed by atoms with Gasteiger partial charge in [0.25, 0.3) is 0 Å². The molecule has 5 heteroatoms. The van der Waals surface area contributed by atoms with E-state index >= 15 is 0 Å². The number of hydrogen-bond acceptors (Lipinski definition) is 4. The molecule has 0 saturated carbocycles. The van der Waals surface area contributed by atoms with Gasteiger partial charge in [0.1, 0.15) is 0 Å². The first-order chi connectivity index (χ1) is 6.61. The molecule has 0 aromatic carbocycles. The highest BCUT2D eigenvalue weighted by Crippen LogP contribution is 2.20. The lowest BCUT2D eigenvalue weighted by Gasteiger charge is -2.13. The van der Waals surface area contributed by atoms with E-state index in [9.17, 15) is 4.79 Å². The summed E-state index contributed by atoms with van der Waals surface area (Å²) in [5.41, 5.74) is 0. The quantitative estimate of drug-likeness (QED) is 0.790. The fourth-order valence-corrected chi connectivity index (χ4v) is 2.57. The molecule has 0 atom stereocenters. The van der Waals surface area contributed by atoms with Gasteiger partial charge in [-0.25, -0.2) is 0 Å². The Morgan fingerprint density at radius 2 is 2.43 bits per heavy atom. The summed E-state index contributed by atoms with van der Waals surface area (Å²) in [6, 6.07) is 2.05. The van der Waals surface area contributed by atoms with Gasteiger partial charge in [0, 0.05) is 21.3 Å². The maximum atomic E-state index is 10.9. The van der Waals surface area contributed by atoms with Crippen LogP contribution in [0.4, 0.5) is 0 Å². The lowest BCUT2D eigenvalue weighted by atomic mass is 10.4. The number of nitrogens with zero attached hydrogens (tertiary/aromatic N) is 1. The van der Waals surface area contributed by atoms with Gasteiger partial charge in [0.05, 0.1) is 13.7 Å². The Bertz CT molecular complexity index is 314. The summed E-state index contributed by atoms with van der Waals surface area (Å²) < 4.78 is 5.66. The first-order valence-electron chi connectivity index (χ1n) is 4.10. The molecule has 0 aliphatic heterocycles. The number of rotatable bonds is 4. The number of carbonyl (C=O) groups excluding carboxylic acids is 1. The Balaban J connectivity index is 2.41. The Morgan fingerprint density at radius 3 is 2.93 bits per heavy atom. The molecule has 3 nitrogen and oxygen atoms in total. The minimum absolute atomic E-state index is 0.205. The average molecular weight is 278 g/mol. The van der Waals surface area contributed by atoms with Crippen molar-refractivity contribution in [3.8, 4) is 0 Å². The summed E-state index contributed by atoms with van der Waals surface area (Å²) in [6.45, 7) is 1.09. The summed E-state index contributed by atoms with van der Waals surface area (Å²) in [6.07, 6.45) is 0. The molecule has 0 aliphatic rings. The zero-order chi connectivity index (χ0) is 10.6. The third-order valence-electron chi connectivity index (χ3n) is 1.67. The van der Waals surface area contributed by atoms with Crippen molar-refractivity contribution < 1.29 is 9.53 Å². The highest BCUT2D eigenvalue weighted by atomic mass is 79.9. The van der Waals surface area contributed by atoms with E-state index in [0.717, 1.165) is 11.0 Å². The van der Waals surface area contributed by atoms with Gasteiger partial charge in [-0.2, -0.15) is 0 Å². The zero-order valence-corrected chi connectivity index (χ0v) is 10.5. The van der Waals surface area contributed by atoms with Crippen molar-refractivity contribution in [2.24, 2.45) is 0 Å². The predicted molar refractivity (Wildman–Crippen MR) is 60.4 cm³/mol. The number of esters is 1. The molecule has 0 unspecified atom stereocenters. The van der Waals surface area contributed by atoms with E-state index in [1.165, 1.54) is 12.0 Å². The fourth-order valence-electron chi connectivity index (χ4n) is 1.04. The SMILES string of the molecule is COC(=O)CN(C)Cc1cc(Br)cs1. The number of halogens is 1. The van der Waals surface area contributed by atoms with Crippen molar-refractivity contribution in [2.45, 2.75) is 6.54 Å². The predicted octanol–water partition coefficient (Wildman–Crippen LogP) is 2.12. The van der Waals surface area contributed by atoms with E-state index in [-0.39, 0.29) is 5.97 Å². The molecule has 0 aliphatic carbocycles. The van der Waals surface area contributed by atoms with E-state index in [1.54, 1.807) is 11.3 Å². The molecule has 0 radical (unpaired) electrons. The summed E-state index contributed by atoms with van der Waals surface area (Å²) in [7, 11) is 3.29. The molecule has 1 rings (SSSR count). The number of ether oxygens (including phenoxy) is 1. The zero-order valence-electron chi connectivity index (χ0n) is 8.12. The van der Waals surface area contributed by atoms with E-state index in [1.807, 2.05) is 17.3 Å². The Labute approximate surface area is 95.8 Å². The van der Waals surface area contributed by atoms with Gasteiger partial charge in [-0.15, -0.1) is 11.3 Å². The van der Waals surface area contributed by atoms with Gasteiger partial charge in [0.15, 0.2) is 0 Å². The molecule has 1 aromatic rings. The second kappa shape index (κ2) is 5.48. The van der Waals surface area contributed by atoms with Crippen molar-refractivity contribution in [2.75, 3.05) is 20.7 Å². The Kier molecular flexibility index (Phi) is 4.57. The van der Waals surface area contributed by atoms with E-state index in [2.05, 4.69) is 26.7 Å². The maximum absolute atomic E-state index is 10.9. The first kappa shape index (κ1) is 11.7. The van der Waals surface area contributed by atoms with Crippen LogP contribution in [0.15, 0.2) is 15.9 Å². The largest absolute Gasteiger partial charge is 0.468 e. The van der Waals surface area contributed by atoms with Gasteiger partial charge >= 0.3 is 5.97 Å². The van der Waals surface area contributed by atoms with Gasteiger partial charge in [-0.3, -0.25) is 9.69 Å². The van der Waals surface area contributed by atoms with Crippen LogP contribution < -0.4 is 0 Å². The van der Waals surface area contributed by atoms with Crippen LogP contribution in [0.5, 0.6) is 0 Å². The van der Waals surface area contributed by atoms with Crippen molar-refractivity contribution in [1.29, 1.82) is 0 Å². The average Bonchev–Trinajstić information content (AvgIpc) is 2.50. The van der Waals surface area contributed by atoms with Crippen LogP contribution in [0, 0.1) is 0 Å². The third-order valence-corrected chi connectivity index (χ3v) is 3.36. The lowest BCUT2D eigenvalue weighted by Crippen LogP contribution is -2.25. The molecular formula is C9H12BrNO2S. The number of hydrogen-bond donors (Lipinski definition) is 0. The van der Waals surface area contributed by atoms with Gasteiger partial charge in [-0.1, -0.05) is 0 Å². The van der Waals surface area contributed by atoms with Crippen LogP contribution in [-0.2, 0) is 16.1 Å². The molecule has 0 saturated heterocycles. The van der Waals surface area contributed by atoms with Gasteiger partial charge < -0.3 is 4.74 Å². The van der Waals surface area contributed by atoms with Crippen LogP contribution >= 0.6 is 27.3 Å². The summed E-state index contributed by atoms with van der Waals surface area (Å²) in [5.74, 6) is -0.205. The van der Waals surface area contributed by atoms with E-state index in [0.29, 0.717) is 6.54 Å². The first-order valence-corrected chi connectivity index (χ1v) is 5.77. The Hall–Kier alpha value is -0.390. The van der Waals surface area contributed by atoms with Crippen molar-refractivity contribution >= 4 is 33.2 Å². The maximum Gasteiger partial charge on any atom is 0.319 e. The summed E-state index contributed by atoms with van der Waals surface area (Å²) in [4.78, 5) is 14.1. The highest BCUT2D eigenvalue weighted by molar-refractivity contribution is 9.10. The number of thiophene rings is 1. The van der Waals surface area contributed by atoms with Crippen LogP contribution in [0.3, 0.4) is 0 Å². The number of carbonyl (C=O) groups is 1. The molecule has 78 valence electrons. The third kappa shape index (κ3) is 3.77. The molecule has 1 aromatic heterocycles. The highest BCUT2D eigenvalue weighted by Gasteiger charge is 2.07. The normalized spacial score (nSPS) is 10.6. The second-order valence-corrected chi connectivity index (χ2v) is 4.89. The second-order valence-electron chi connectivity index (χ2n) is 2.98. The topological polar surface area (TPSA) is 29.5 Å². The molecule has 0 bridgehead atoms. The van der Waals surface area contributed by atoms with Crippen LogP contribution in [0.2, 0.25) is 0 Å². The molecule has 0 amide bonds. The van der Waals surface area contributed by atoms with Crippen molar-refractivity contribution in [1.82, 2.24) is 4.90 Å². The molecule has 1 heterocycles. The molecule has 0 fully saturated rings. The van der Waals surface area contributed by atoms with Crippen molar-refractivity contribution in [3.05, 3.63) is 20.8 Å². The standard InChI is InChI=1S/C9H12BrNO2S/c1-11(5-9(12)13-2)4-8-3-7(10)6-14-8/h3,6H,4-5H2,1-2H3. The van der Waals surface area contributed by atoms with Crippen molar-refractivity contribution in [3.63, 3.8) is 0 Å². The van der Waals surface area contributed by atoms with Crippen LogP contribution in [0.1, 0.15) is 4.88 Å². The number of methoxy groups -OCH3 is 1. The molecule has 0 spiro atoms. The monoisotopic (exact) mass is 277 g/mol. The minimum Gasteiger partial charge on any atom is -0.468 e. The van der Waals surface area contributed by atoms with E-state index in [4.69, 9.17) is 0 Å². The minimum atomic E-state index is -0.205. The number of likely N-dealkylation sites (N-methyl/N-ethyl adjacent to an activating group) is 1. The fraction of sp³-hybridized carbons (Fsp3) is 0.444. The smallest absolute Gasteiger partial charge is 0.319 e. The van der Waals surface area contributed by atoms with Crippen LogP contribution in [0.25, 0.3) is 0 Å². The molecular weight excluding hydrogens is 266 g/mol. The summed E-state index contributed by atoms with van der Waals surface area (Å²) in [5, 5.41) is 2.03. The Morgan fingerprint density at radius 1 is 1.71 bits per heavy atom. The van der Waals surface area contributed by atoms with Crippen LogP contribution in [-0.4, -0.2) is 31.6 Å². The van der Waals surface area contributed by atoms with Gasteiger partial charge in [0.2, 0.25) is 0 Å². The lowest BCUT2D eigenvalue weighted by molar-refractivity contribution is -0.141. The molecule has 14 heavy (non-hydrogen) atoms. The van der Waals surface area contributed by atoms with Gasteiger partial charge in [-0.05, 0) is 29.0 Å². The summed E-state index contributed by atoms with van der Waals surface area (Å²) >= 11 is 5.06.